The van der Waals surface area contributed by atoms with Crippen molar-refractivity contribution in [3.8, 4) is 0 Å². The summed E-state index contributed by atoms with van der Waals surface area (Å²) < 4.78 is 13.6. The van der Waals surface area contributed by atoms with Crippen molar-refractivity contribution >= 4 is 35.0 Å². The number of halogens is 3. The Balaban J connectivity index is 1.54. The Hall–Kier alpha value is -2.44. The fraction of sp³-hybridized carbons (Fsp3) is 0.167. The third-order valence-corrected chi connectivity index (χ3v) is 4.26. The molecule has 2 aromatic carbocycles. The van der Waals surface area contributed by atoms with Gasteiger partial charge < -0.3 is 10.6 Å². The van der Waals surface area contributed by atoms with Crippen molar-refractivity contribution in [3.05, 3.63) is 75.7 Å². The number of benzene rings is 2. The summed E-state index contributed by atoms with van der Waals surface area (Å²) in [5, 5.41) is 15.2. The topological polar surface area (TPSA) is 62.7 Å². The van der Waals surface area contributed by atoms with Crippen LogP contribution in [0, 0.1) is 5.82 Å². The standard InChI is InChI=1S/C18H16Cl2FN5/c19-14-6-5-12(15(20)9-14)7-8-22-18-25-17(11-24-26-18)23-10-13-3-1-2-4-16(13)21/h1-6,9,11H,7-8,10H2,(H2,22,23,25,26). The number of nitrogens with zero attached hydrogens (tertiary/aromatic N) is 3. The van der Waals surface area contributed by atoms with Gasteiger partial charge in [-0.2, -0.15) is 10.1 Å². The van der Waals surface area contributed by atoms with Gasteiger partial charge in [-0.1, -0.05) is 47.5 Å². The zero-order chi connectivity index (χ0) is 18.4. The Kier molecular flexibility index (Phi) is 6.20. The molecule has 1 heterocycles. The maximum atomic E-state index is 13.6. The second kappa shape index (κ2) is 8.78. The Bertz CT molecular complexity index is 891. The van der Waals surface area contributed by atoms with Crippen LogP contribution in [-0.4, -0.2) is 21.7 Å². The summed E-state index contributed by atoms with van der Waals surface area (Å²) in [6.45, 7) is 0.894. The molecular weight excluding hydrogens is 376 g/mol. The second-order valence-corrected chi connectivity index (χ2v) is 6.37. The lowest BCUT2D eigenvalue weighted by molar-refractivity contribution is 0.613. The summed E-state index contributed by atoms with van der Waals surface area (Å²) in [6.07, 6.45) is 2.17. The summed E-state index contributed by atoms with van der Waals surface area (Å²) in [5.74, 6) is 0.629. The van der Waals surface area contributed by atoms with E-state index in [0.717, 1.165) is 5.56 Å². The lowest BCUT2D eigenvalue weighted by atomic mass is 10.1. The average Bonchev–Trinajstić information content (AvgIpc) is 2.63. The molecule has 0 spiro atoms. The van der Waals surface area contributed by atoms with Gasteiger partial charge in [-0.15, -0.1) is 5.10 Å². The molecular formula is C18H16Cl2FN5. The van der Waals surface area contributed by atoms with Gasteiger partial charge in [0.1, 0.15) is 5.82 Å². The Morgan fingerprint density at radius 2 is 1.85 bits per heavy atom. The van der Waals surface area contributed by atoms with Gasteiger partial charge in [0.15, 0.2) is 5.82 Å². The van der Waals surface area contributed by atoms with E-state index in [1.807, 2.05) is 6.07 Å². The molecule has 0 saturated carbocycles. The monoisotopic (exact) mass is 391 g/mol. The first-order valence-electron chi connectivity index (χ1n) is 7.96. The van der Waals surface area contributed by atoms with Crippen LogP contribution in [0.25, 0.3) is 0 Å². The van der Waals surface area contributed by atoms with Gasteiger partial charge in [-0.3, -0.25) is 0 Å². The highest BCUT2D eigenvalue weighted by molar-refractivity contribution is 6.35. The minimum Gasteiger partial charge on any atom is -0.364 e. The molecule has 5 nitrogen and oxygen atoms in total. The van der Waals surface area contributed by atoms with E-state index in [2.05, 4.69) is 25.8 Å². The third kappa shape index (κ3) is 5.03. The van der Waals surface area contributed by atoms with E-state index in [-0.39, 0.29) is 5.82 Å². The van der Waals surface area contributed by atoms with Crippen LogP contribution in [0.2, 0.25) is 10.0 Å². The van der Waals surface area contributed by atoms with Crippen molar-refractivity contribution in [2.24, 2.45) is 0 Å². The first-order chi connectivity index (χ1) is 12.6. The normalized spacial score (nSPS) is 10.6. The number of anilines is 2. The lowest BCUT2D eigenvalue weighted by Gasteiger charge is -2.09. The Morgan fingerprint density at radius 3 is 2.65 bits per heavy atom. The maximum Gasteiger partial charge on any atom is 0.244 e. The van der Waals surface area contributed by atoms with E-state index in [0.29, 0.717) is 46.9 Å². The first kappa shape index (κ1) is 18.4. The molecule has 0 saturated heterocycles. The van der Waals surface area contributed by atoms with Gasteiger partial charge in [0.25, 0.3) is 0 Å². The Morgan fingerprint density at radius 1 is 1.00 bits per heavy atom. The highest BCUT2D eigenvalue weighted by atomic mass is 35.5. The van der Waals surface area contributed by atoms with Crippen LogP contribution in [0.15, 0.2) is 48.7 Å². The number of rotatable bonds is 7. The minimum absolute atomic E-state index is 0.264. The molecule has 0 radical (unpaired) electrons. The van der Waals surface area contributed by atoms with E-state index in [1.54, 1.807) is 30.3 Å². The molecule has 8 heteroatoms. The van der Waals surface area contributed by atoms with Crippen LogP contribution < -0.4 is 10.6 Å². The van der Waals surface area contributed by atoms with Crippen LogP contribution in [0.3, 0.4) is 0 Å². The molecule has 0 atom stereocenters. The number of nitrogens with one attached hydrogen (secondary N) is 2. The van der Waals surface area contributed by atoms with Gasteiger partial charge in [-0.25, -0.2) is 4.39 Å². The van der Waals surface area contributed by atoms with E-state index < -0.39 is 0 Å². The lowest BCUT2D eigenvalue weighted by Crippen LogP contribution is -2.11. The van der Waals surface area contributed by atoms with Crippen molar-refractivity contribution < 1.29 is 4.39 Å². The summed E-state index contributed by atoms with van der Waals surface area (Å²) in [6, 6.07) is 12.0. The van der Waals surface area contributed by atoms with Crippen molar-refractivity contribution in [2.45, 2.75) is 13.0 Å². The van der Waals surface area contributed by atoms with Gasteiger partial charge >= 0.3 is 0 Å². The van der Waals surface area contributed by atoms with Crippen molar-refractivity contribution in [1.29, 1.82) is 0 Å². The quantitative estimate of drug-likeness (QED) is 0.616. The van der Waals surface area contributed by atoms with Crippen molar-refractivity contribution in [3.63, 3.8) is 0 Å². The first-order valence-corrected chi connectivity index (χ1v) is 8.72. The predicted molar refractivity (Wildman–Crippen MR) is 102 cm³/mol. The van der Waals surface area contributed by atoms with Crippen LogP contribution >= 0.6 is 23.2 Å². The van der Waals surface area contributed by atoms with E-state index in [4.69, 9.17) is 23.2 Å². The third-order valence-electron chi connectivity index (χ3n) is 3.67. The van der Waals surface area contributed by atoms with E-state index in [9.17, 15) is 4.39 Å². The molecule has 0 amide bonds. The summed E-state index contributed by atoms with van der Waals surface area (Å²) in [7, 11) is 0. The molecule has 3 aromatic rings. The average molecular weight is 392 g/mol. The molecule has 0 fully saturated rings. The molecule has 0 aliphatic rings. The molecule has 3 rings (SSSR count). The van der Waals surface area contributed by atoms with Gasteiger partial charge in [0.2, 0.25) is 5.95 Å². The molecule has 0 bridgehead atoms. The molecule has 1 aromatic heterocycles. The van der Waals surface area contributed by atoms with Crippen molar-refractivity contribution in [1.82, 2.24) is 15.2 Å². The highest BCUT2D eigenvalue weighted by Gasteiger charge is 2.05. The molecule has 0 aliphatic heterocycles. The fourth-order valence-electron chi connectivity index (χ4n) is 2.32. The molecule has 0 unspecified atom stereocenters. The maximum absolute atomic E-state index is 13.6. The molecule has 26 heavy (non-hydrogen) atoms. The Labute approximate surface area is 160 Å². The molecule has 134 valence electrons. The highest BCUT2D eigenvalue weighted by Crippen LogP contribution is 2.21. The summed E-state index contributed by atoms with van der Waals surface area (Å²) in [4.78, 5) is 4.31. The van der Waals surface area contributed by atoms with Crippen LogP contribution in [0.5, 0.6) is 0 Å². The molecule has 2 N–H and O–H groups in total. The van der Waals surface area contributed by atoms with Crippen LogP contribution in [0.1, 0.15) is 11.1 Å². The second-order valence-electron chi connectivity index (χ2n) is 5.52. The van der Waals surface area contributed by atoms with E-state index >= 15 is 0 Å². The number of aromatic nitrogens is 3. The zero-order valence-corrected chi connectivity index (χ0v) is 15.2. The fourth-order valence-corrected chi connectivity index (χ4v) is 2.83. The summed E-state index contributed by atoms with van der Waals surface area (Å²) >= 11 is 12.0. The summed E-state index contributed by atoms with van der Waals surface area (Å²) in [5.41, 5.74) is 1.53. The van der Waals surface area contributed by atoms with Crippen LogP contribution in [0.4, 0.5) is 16.2 Å². The zero-order valence-electron chi connectivity index (χ0n) is 13.7. The minimum atomic E-state index is -0.264. The van der Waals surface area contributed by atoms with E-state index in [1.165, 1.54) is 12.3 Å². The smallest absolute Gasteiger partial charge is 0.244 e. The molecule has 0 aliphatic carbocycles. The van der Waals surface area contributed by atoms with Gasteiger partial charge in [0.05, 0.1) is 6.20 Å². The predicted octanol–water partition coefficient (Wildman–Crippen LogP) is 4.58. The van der Waals surface area contributed by atoms with Crippen LogP contribution in [-0.2, 0) is 13.0 Å². The largest absolute Gasteiger partial charge is 0.364 e. The SMILES string of the molecule is Fc1ccccc1CNc1cnnc(NCCc2ccc(Cl)cc2Cl)n1. The van der Waals surface area contributed by atoms with Gasteiger partial charge in [0, 0.05) is 28.7 Å². The van der Waals surface area contributed by atoms with Gasteiger partial charge in [-0.05, 0) is 30.2 Å². The van der Waals surface area contributed by atoms with Crippen molar-refractivity contribution in [2.75, 3.05) is 17.2 Å². The number of hydrogen-bond acceptors (Lipinski definition) is 5. The number of hydrogen-bond donors (Lipinski definition) is 2.